The predicted molar refractivity (Wildman–Crippen MR) is 339 cm³/mol. The van der Waals surface area contributed by atoms with Crippen LogP contribution in [-0.4, -0.2) is 74.9 Å². The van der Waals surface area contributed by atoms with E-state index in [1.165, 1.54) is 83.5 Å². The number of ether oxygens (including phenoxy) is 2. The number of allylic oxidation sites excluding steroid dienone is 22. The number of phosphoric ester groups is 1. The van der Waals surface area contributed by atoms with E-state index in [1.54, 1.807) is 0 Å². The van der Waals surface area contributed by atoms with Crippen LogP contribution in [0, 0.1) is 0 Å². The predicted octanol–water partition coefficient (Wildman–Crippen LogP) is 20.1. The number of rotatable bonds is 56. The average molecular weight is 1120 g/mol. The van der Waals surface area contributed by atoms with Crippen molar-refractivity contribution in [3.05, 3.63) is 134 Å². The zero-order valence-corrected chi connectivity index (χ0v) is 52.0. The van der Waals surface area contributed by atoms with Gasteiger partial charge in [-0.3, -0.25) is 18.6 Å². The van der Waals surface area contributed by atoms with Gasteiger partial charge in [0.25, 0.3) is 0 Å². The first kappa shape index (κ1) is 75.2. The zero-order valence-electron chi connectivity index (χ0n) is 51.1. The van der Waals surface area contributed by atoms with E-state index in [0.717, 1.165) is 122 Å². The van der Waals surface area contributed by atoms with Crippen LogP contribution in [0.5, 0.6) is 0 Å². The molecule has 450 valence electrons. The monoisotopic (exact) mass is 1120 g/mol. The molecular weight excluding hydrogens is 1000 g/mol. The highest BCUT2D eigenvalue weighted by Crippen LogP contribution is 2.43. The summed E-state index contributed by atoms with van der Waals surface area (Å²) in [6.07, 6.45) is 85.3. The van der Waals surface area contributed by atoms with Gasteiger partial charge in [-0.05, 0) is 96.3 Å². The third kappa shape index (κ3) is 63.2. The highest BCUT2D eigenvalue weighted by atomic mass is 31.2. The molecule has 0 amide bonds. The minimum Gasteiger partial charge on any atom is -0.462 e. The van der Waals surface area contributed by atoms with Crippen molar-refractivity contribution in [1.82, 2.24) is 0 Å². The van der Waals surface area contributed by atoms with Gasteiger partial charge < -0.3 is 18.9 Å². The molecule has 2 atom stereocenters. The molecule has 0 aromatic carbocycles. The lowest BCUT2D eigenvalue weighted by atomic mass is 10.0. The van der Waals surface area contributed by atoms with E-state index in [2.05, 4.69) is 148 Å². The van der Waals surface area contributed by atoms with E-state index in [-0.39, 0.29) is 32.0 Å². The van der Waals surface area contributed by atoms with Crippen LogP contribution in [0.4, 0.5) is 0 Å². The molecule has 1 N–H and O–H groups in total. The van der Waals surface area contributed by atoms with Gasteiger partial charge >= 0.3 is 19.8 Å². The number of hydrogen-bond donors (Lipinski definition) is 1. The third-order valence-corrected chi connectivity index (χ3v) is 13.9. The lowest BCUT2D eigenvalue weighted by molar-refractivity contribution is -0.870. The number of carbonyl (C=O) groups excluding carboxylic acids is 2. The van der Waals surface area contributed by atoms with Crippen molar-refractivity contribution in [3.63, 3.8) is 0 Å². The Kier molecular flexibility index (Phi) is 55.9. The molecule has 0 fully saturated rings. The number of quaternary nitrogens is 1. The molecule has 0 radical (unpaired) electrons. The van der Waals surface area contributed by atoms with Crippen LogP contribution in [0.1, 0.15) is 239 Å². The highest BCUT2D eigenvalue weighted by Gasteiger charge is 2.27. The Balaban J connectivity index is 4.17. The van der Waals surface area contributed by atoms with Crippen molar-refractivity contribution in [2.45, 2.75) is 245 Å². The van der Waals surface area contributed by atoms with Gasteiger partial charge in [-0.2, -0.15) is 0 Å². The Morgan fingerprint density at radius 1 is 0.405 bits per heavy atom. The summed E-state index contributed by atoms with van der Waals surface area (Å²) in [6, 6.07) is 0. The standard InChI is InChI=1S/C69H116NO8P/c1-6-8-10-12-14-16-18-20-22-24-25-26-27-28-29-30-31-32-33-34-35-36-37-38-39-40-41-42-43-44-45-46-48-50-52-54-56-58-60-62-69(72)78-67(66-77-79(73,74)76-64-63-70(3,4)5)65-75-68(71)61-59-57-55-53-51-49-47-23-21-19-17-15-13-11-9-7-2/h8,10,14,16,20,22,25-26,28-29,31-32,34-35,37-38,40-41,43-44,46,48,67H,6-7,9,11-13,15,17-19,21,23-24,27,30,33,36,39,42,45,47,49-66H2,1-5H3/p+1/b10-8-,16-14-,22-20-,26-25-,29-28-,32-31-,35-34-,38-37-,41-40-,44-43-,48-46-. The molecule has 0 spiro atoms. The Morgan fingerprint density at radius 2 is 0.722 bits per heavy atom. The van der Waals surface area contributed by atoms with Crippen LogP contribution >= 0.6 is 7.82 Å². The van der Waals surface area contributed by atoms with E-state index < -0.39 is 26.5 Å². The summed E-state index contributed by atoms with van der Waals surface area (Å²) in [4.78, 5) is 35.7. The summed E-state index contributed by atoms with van der Waals surface area (Å²) in [5.41, 5.74) is 0. The number of hydrogen-bond acceptors (Lipinski definition) is 7. The second-order valence-corrected chi connectivity index (χ2v) is 23.2. The molecule has 0 aromatic heterocycles. The molecule has 0 aliphatic heterocycles. The molecule has 9 nitrogen and oxygen atoms in total. The largest absolute Gasteiger partial charge is 0.472 e. The fraction of sp³-hybridized carbons (Fsp3) is 0.652. The molecule has 10 heteroatoms. The Labute approximate surface area is 485 Å². The second-order valence-electron chi connectivity index (χ2n) is 21.7. The molecule has 0 heterocycles. The quantitative estimate of drug-likeness (QED) is 0.0211. The molecule has 0 aromatic rings. The molecule has 0 aliphatic rings. The summed E-state index contributed by atoms with van der Waals surface area (Å²) in [5.74, 6) is -0.822. The number of phosphoric acid groups is 1. The fourth-order valence-corrected chi connectivity index (χ4v) is 8.88. The van der Waals surface area contributed by atoms with Crippen molar-refractivity contribution < 1.29 is 42.1 Å². The van der Waals surface area contributed by atoms with Gasteiger partial charge in [0.15, 0.2) is 6.10 Å². The molecule has 79 heavy (non-hydrogen) atoms. The molecule has 0 saturated carbocycles. The maximum Gasteiger partial charge on any atom is 0.472 e. The molecule has 2 unspecified atom stereocenters. The van der Waals surface area contributed by atoms with Crippen molar-refractivity contribution in [1.29, 1.82) is 0 Å². The van der Waals surface area contributed by atoms with Gasteiger partial charge in [-0.1, -0.05) is 263 Å². The lowest BCUT2D eigenvalue weighted by Gasteiger charge is -2.24. The van der Waals surface area contributed by atoms with E-state index in [9.17, 15) is 19.0 Å². The van der Waals surface area contributed by atoms with Gasteiger partial charge in [-0.15, -0.1) is 0 Å². The van der Waals surface area contributed by atoms with Crippen LogP contribution in [0.3, 0.4) is 0 Å². The van der Waals surface area contributed by atoms with Gasteiger partial charge in [-0.25, -0.2) is 4.57 Å². The van der Waals surface area contributed by atoms with Crippen LogP contribution in [-0.2, 0) is 32.7 Å². The van der Waals surface area contributed by atoms with Crippen LogP contribution in [0.2, 0.25) is 0 Å². The van der Waals surface area contributed by atoms with Gasteiger partial charge in [0.1, 0.15) is 19.8 Å². The van der Waals surface area contributed by atoms with E-state index in [1.807, 2.05) is 21.1 Å². The van der Waals surface area contributed by atoms with Gasteiger partial charge in [0.05, 0.1) is 27.7 Å². The average Bonchev–Trinajstić information content (AvgIpc) is 3.41. The second kappa shape index (κ2) is 58.8. The number of unbranched alkanes of at least 4 members (excludes halogenated alkanes) is 20. The first-order valence-electron chi connectivity index (χ1n) is 31.4. The maximum atomic E-state index is 12.8. The normalized spacial score (nSPS) is 14.2. The minimum atomic E-state index is -4.40. The van der Waals surface area contributed by atoms with Crippen molar-refractivity contribution in [2.75, 3.05) is 47.5 Å². The highest BCUT2D eigenvalue weighted by molar-refractivity contribution is 7.47. The third-order valence-electron chi connectivity index (χ3n) is 12.9. The molecule has 0 saturated heterocycles. The maximum absolute atomic E-state index is 12.8. The summed E-state index contributed by atoms with van der Waals surface area (Å²) in [7, 11) is 1.45. The smallest absolute Gasteiger partial charge is 0.462 e. The van der Waals surface area contributed by atoms with Crippen molar-refractivity contribution >= 4 is 19.8 Å². The van der Waals surface area contributed by atoms with Gasteiger partial charge in [0, 0.05) is 12.8 Å². The summed E-state index contributed by atoms with van der Waals surface area (Å²) in [5, 5.41) is 0. The summed E-state index contributed by atoms with van der Waals surface area (Å²) >= 11 is 0. The number of likely N-dealkylation sites (N-methyl/N-ethyl adjacent to an activating group) is 1. The first-order valence-corrected chi connectivity index (χ1v) is 32.9. The Bertz CT molecular complexity index is 1790. The fourth-order valence-electron chi connectivity index (χ4n) is 8.14. The van der Waals surface area contributed by atoms with Crippen LogP contribution in [0.15, 0.2) is 134 Å². The van der Waals surface area contributed by atoms with E-state index in [4.69, 9.17) is 18.5 Å². The number of carbonyl (C=O) groups is 2. The lowest BCUT2D eigenvalue weighted by Crippen LogP contribution is -2.37. The summed E-state index contributed by atoms with van der Waals surface area (Å²) in [6.45, 7) is 4.29. The minimum absolute atomic E-state index is 0.0223. The van der Waals surface area contributed by atoms with Crippen LogP contribution in [0.25, 0.3) is 0 Å². The zero-order chi connectivity index (χ0) is 57.7. The van der Waals surface area contributed by atoms with Crippen molar-refractivity contribution in [3.8, 4) is 0 Å². The van der Waals surface area contributed by atoms with E-state index in [0.29, 0.717) is 17.4 Å². The Hall–Kier alpha value is -3.85. The first-order chi connectivity index (χ1) is 38.5. The molecule has 0 bridgehead atoms. The number of esters is 2. The molecule has 0 aliphatic carbocycles. The molecular formula is C69H117NO8P+. The Morgan fingerprint density at radius 3 is 1.08 bits per heavy atom. The summed E-state index contributed by atoms with van der Waals surface area (Å²) < 4.78 is 34.6. The van der Waals surface area contributed by atoms with Crippen LogP contribution < -0.4 is 0 Å². The topological polar surface area (TPSA) is 108 Å². The van der Waals surface area contributed by atoms with Crippen molar-refractivity contribution in [2.24, 2.45) is 0 Å². The number of nitrogens with zero attached hydrogens (tertiary/aromatic N) is 1. The molecule has 0 rings (SSSR count). The van der Waals surface area contributed by atoms with Gasteiger partial charge in [0.2, 0.25) is 0 Å². The SMILES string of the molecule is CC/C=C\C/C=C\C/C=C\C/C=C\C/C=C\C/C=C\C/C=C\C/C=C\C/C=C\C/C=C\C/C=C\CCCCCCCC(=O)OC(COC(=O)CCCCCCCCCCCCCCCCCC)COP(=O)(O)OCC[N+](C)(C)C. The van der Waals surface area contributed by atoms with E-state index >= 15 is 0 Å².